The zero-order valence-electron chi connectivity index (χ0n) is 13.6. The van der Waals surface area contributed by atoms with Crippen molar-refractivity contribution in [3.8, 4) is 0 Å². The number of aromatic nitrogens is 3. The fourth-order valence-electron chi connectivity index (χ4n) is 2.98. The van der Waals surface area contributed by atoms with E-state index in [1.54, 1.807) is 12.1 Å². The van der Waals surface area contributed by atoms with Gasteiger partial charge in [0.25, 0.3) is 0 Å². The quantitative estimate of drug-likeness (QED) is 0.731. The zero-order chi connectivity index (χ0) is 17.3. The van der Waals surface area contributed by atoms with Crippen molar-refractivity contribution in [1.29, 1.82) is 0 Å². The Morgan fingerprint density at radius 1 is 1.12 bits per heavy atom. The smallest absolute Gasteiger partial charge is 0.244 e. The Hall–Kier alpha value is -2.45. The van der Waals surface area contributed by atoms with E-state index in [9.17, 15) is 8.42 Å². The number of para-hydroxylation sites is 2. The van der Waals surface area contributed by atoms with Crippen LogP contribution < -0.4 is 5.32 Å². The van der Waals surface area contributed by atoms with Gasteiger partial charge in [-0.1, -0.05) is 12.1 Å². The van der Waals surface area contributed by atoms with Gasteiger partial charge in [0.1, 0.15) is 16.5 Å². The fourth-order valence-corrected chi connectivity index (χ4v) is 4.44. The third kappa shape index (κ3) is 3.22. The van der Waals surface area contributed by atoms with E-state index in [0.29, 0.717) is 25.5 Å². The lowest BCUT2D eigenvalue weighted by Crippen LogP contribution is -2.27. The Bertz CT molecular complexity index is 943. The molecule has 0 spiro atoms. The van der Waals surface area contributed by atoms with Crippen LogP contribution in [-0.2, 0) is 16.6 Å². The summed E-state index contributed by atoms with van der Waals surface area (Å²) in [5.74, 6) is 1.41. The molecule has 3 aromatic rings. The Labute approximate surface area is 146 Å². The molecule has 0 unspecified atom stereocenters. The molecule has 4 rings (SSSR count). The molecular formula is C17H19N5O2S. The van der Waals surface area contributed by atoms with E-state index in [1.807, 2.05) is 24.3 Å². The number of pyridine rings is 1. The van der Waals surface area contributed by atoms with Gasteiger partial charge in [-0.3, -0.25) is 0 Å². The van der Waals surface area contributed by atoms with E-state index < -0.39 is 10.0 Å². The summed E-state index contributed by atoms with van der Waals surface area (Å²) >= 11 is 0. The molecule has 1 aliphatic rings. The highest BCUT2D eigenvalue weighted by molar-refractivity contribution is 7.89. The lowest BCUT2D eigenvalue weighted by atomic mass is 10.3. The van der Waals surface area contributed by atoms with Crippen molar-refractivity contribution in [1.82, 2.24) is 19.3 Å². The molecule has 0 aliphatic carbocycles. The number of hydrogen-bond donors (Lipinski definition) is 2. The van der Waals surface area contributed by atoms with Gasteiger partial charge in [-0.2, -0.15) is 4.31 Å². The molecule has 1 fully saturated rings. The lowest BCUT2D eigenvalue weighted by molar-refractivity contribution is 0.477. The van der Waals surface area contributed by atoms with Crippen LogP contribution in [0.1, 0.15) is 18.7 Å². The maximum absolute atomic E-state index is 12.5. The average molecular weight is 357 g/mol. The van der Waals surface area contributed by atoms with Crippen LogP contribution in [0.25, 0.3) is 11.0 Å². The average Bonchev–Trinajstić information content (AvgIpc) is 3.30. The summed E-state index contributed by atoms with van der Waals surface area (Å²) in [5, 5.41) is 3.16. The maximum atomic E-state index is 12.5. The number of anilines is 1. The normalized spacial score (nSPS) is 15.7. The zero-order valence-corrected chi connectivity index (χ0v) is 14.5. The predicted molar refractivity (Wildman–Crippen MR) is 95.7 cm³/mol. The summed E-state index contributed by atoms with van der Waals surface area (Å²) in [4.78, 5) is 12.2. The molecule has 2 N–H and O–H groups in total. The van der Waals surface area contributed by atoms with Crippen LogP contribution >= 0.6 is 0 Å². The van der Waals surface area contributed by atoms with Crippen molar-refractivity contribution in [2.75, 3.05) is 18.4 Å². The van der Waals surface area contributed by atoms with Crippen LogP contribution in [0.15, 0.2) is 47.5 Å². The van der Waals surface area contributed by atoms with Crippen LogP contribution in [0.2, 0.25) is 0 Å². The molecule has 3 heterocycles. The van der Waals surface area contributed by atoms with Crippen molar-refractivity contribution >= 4 is 26.9 Å². The van der Waals surface area contributed by atoms with Gasteiger partial charge in [-0.15, -0.1) is 0 Å². The molecule has 0 atom stereocenters. The monoisotopic (exact) mass is 357 g/mol. The van der Waals surface area contributed by atoms with Gasteiger partial charge in [0.15, 0.2) is 0 Å². The Balaban J connectivity index is 1.45. The van der Waals surface area contributed by atoms with Gasteiger partial charge in [-0.25, -0.2) is 18.4 Å². The van der Waals surface area contributed by atoms with Crippen LogP contribution in [0.5, 0.6) is 0 Å². The van der Waals surface area contributed by atoms with Gasteiger partial charge in [0.2, 0.25) is 10.0 Å². The largest absolute Gasteiger partial charge is 0.363 e. The summed E-state index contributed by atoms with van der Waals surface area (Å²) in [6.07, 6.45) is 3.25. The molecule has 0 saturated carbocycles. The Morgan fingerprint density at radius 2 is 1.92 bits per heavy atom. The summed E-state index contributed by atoms with van der Waals surface area (Å²) in [7, 11) is -3.42. The molecule has 0 bridgehead atoms. The molecule has 8 heteroatoms. The first kappa shape index (κ1) is 16.0. The molecule has 1 aliphatic heterocycles. The van der Waals surface area contributed by atoms with Gasteiger partial charge < -0.3 is 10.3 Å². The van der Waals surface area contributed by atoms with Crippen molar-refractivity contribution < 1.29 is 8.42 Å². The number of aromatic amines is 1. The number of nitrogens with zero attached hydrogens (tertiary/aromatic N) is 3. The third-order valence-corrected chi connectivity index (χ3v) is 6.20. The highest BCUT2D eigenvalue weighted by Crippen LogP contribution is 2.21. The number of rotatable bonds is 5. The van der Waals surface area contributed by atoms with Crippen molar-refractivity contribution in [3.63, 3.8) is 0 Å². The van der Waals surface area contributed by atoms with E-state index in [-0.39, 0.29) is 4.90 Å². The van der Waals surface area contributed by atoms with Gasteiger partial charge in [0.05, 0.1) is 17.6 Å². The minimum atomic E-state index is -3.42. The number of H-pyrrole nitrogens is 1. The molecular weight excluding hydrogens is 338 g/mol. The number of imidazole rings is 1. The topological polar surface area (TPSA) is 91.0 Å². The summed E-state index contributed by atoms with van der Waals surface area (Å²) in [5.41, 5.74) is 1.90. The first-order chi connectivity index (χ1) is 12.1. The van der Waals surface area contributed by atoms with E-state index in [4.69, 9.17) is 0 Å². The molecule has 130 valence electrons. The molecule has 25 heavy (non-hydrogen) atoms. The second-order valence-electron chi connectivity index (χ2n) is 6.04. The summed E-state index contributed by atoms with van der Waals surface area (Å²) in [6, 6.07) is 11.1. The second-order valence-corrected chi connectivity index (χ2v) is 7.98. The van der Waals surface area contributed by atoms with E-state index in [2.05, 4.69) is 20.3 Å². The minimum absolute atomic E-state index is 0.240. The van der Waals surface area contributed by atoms with Crippen molar-refractivity contribution in [2.45, 2.75) is 24.3 Å². The highest BCUT2D eigenvalue weighted by Gasteiger charge is 2.27. The van der Waals surface area contributed by atoms with Crippen LogP contribution in [0.4, 0.5) is 5.82 Å². The predicted octanol–water partition coefficient (Wildman–Crippen LogP) is 2.35. The minimum Gasteiger partial charge on any atom is -0.363 e. The standard InChI is InChI=1S/C17H19N5O2S/c23-25(24,22-9-3-4-10-22)13-7-8-16(18-11-13)19-12-17-20-14-5-1-2-6-15(14)21-17/h1-2,5-8,11H,3-4,9-10,12H2,(H,18,19)(H,20,21). The lowest BCUT2D eigenvalue weighted by Gasteiger charge is -2.15. The molecule has 1 saturated heterocycles. The van der Waals surface area contributed by atoms with E-state index in [1.165, 1.54) is 10.5 Å². The van der Waals surface area contributed by atoms with Gasteiger partial charge in [-0.05, 0) is 37.1 Å². The van der Waals surface area contributed by atoms with Crippen LogP contribution in [0, 0.1) is 0 Å². The second kappa shape index (κ2) is 6.45. The molecule has 0 amide bonds. The third-order valence-electron chi connectivity index (χ3n) is 4.31. The Morgan fingerprint density at radius 3 is 2.64 bits per heavy atom. The Kier molecular flexibility index (Phi) is 4.14. The summed E-state index contributed by atoms with van der Waals surface area (Å²) in [6.45, 7) is 1.67. The van der Waals surface area contributed by atoms with Crippen molar-refractivity contribution in [3.05, 3.63) is 48.4 Å². The molecule has 2 aromatic heterocycles. The van der Waals surface area contributed by atoms with Crippen molar-refractivity contribution in [2.24, 2.45) is 0 Å². The van der Waals surface area contributed by atoms with Crippen LogP contribution in [-0.4, -0.2) is 40.8 Å². The molecule has 0 radical (unpaired) electrons. The van der Waals surface area contributed by atoms with Crippen LogP contribution in [0.3, 0.4) is 0 Å². The first-order valence-corrected chi connectivity index (χ1v) is 9.71. The van der Waals surface area contributed by atoms with Gasteiger partial charge in [0, 0.05) is 19.3 Å². The van der Waals surface area contributed by atoms with Gasteiger partial charge >= 0.3 is 0 Å². The number of nitrogens with one attached hydrogen (secondary N) is 2. The SMILES string of the molecule is O=S(=O)(c1ccc(NCc2nc3ccccc3[nH]2)nc1)N1CCCC1. The first-order valence-electron chi connectivity index (χ1n) is 8.27. The van der Waals surface area contributed by atoms with E-state index in [0.717, 1.165) is 29.7 Å². The maximum Gasteiger partial charge on any atom is 0.244 e. The summed E-state index contributed by atoms with van der Waals surface area (Å²) < 4.78 is 26.5. The highest BCUT2D eigenvalue weighted by atomic mass is 32.2. The number of sulfonamides is 1. The number of hydrogen-bond acceptors (Lipinski definition) is 5. The molecule has 7 nitrogen and oxygen atoms in total. The van der Waals surface area contributed by atoms with E-state index >= 15 is 0 Å². The number of benzene rings is 1. The fraction of sp³-hybridized carbons (Fsp3) is 0.294. The number of fused-ring (bicyclic) bond motifs is 1. The molecule has 1 aromatic carbocycles.